The minimum absolute atomic E-state index is 0.148. The highest BCUT2D eigenvalue weighted by Crippen LogP contribution is 2.31. The van der Waals surface area contributed by atoms with E-state index in [1.54, 1.807) is 17.7 Å². The Kier molecular flexibility index (Phi) is 7.05. The van der Waals surface area contributed by atoms with Crippen molar-refractivity contribution in [2.75, 3.05) is 31.1 Å². The van der Waals surface area contributed by atoms with E-state index in [-0.39, 0.29) is 6.23 Å². The van der Waals surface area contributed by atoms with Gasteiger partial charge in [0.15, 0.2) is 6.23 Å². The summed E-state index contributed by atoms with van der Waals surface area (Å²) in [6.07, 6.45) is 4.62. The Balaban J connectivity index is 1.47. The Morgan fingerprint density at radius 3 is 2.74 bits per heavy atom. The third-order valence-electron chi connectivity index (χ3n) is 5.66. The number of fused-ring (bicyclic) bond motifs is 1. The number of thiophene rings is 1. The molecule has 1 aliphatic rings. The van der Waals surface area contributed by atoms with Crippen LogP contribution in [0.25, 0.3) is 10.2 Å². The molecule has 31 heavy (non-hydrogen) atoms. The van der Waals surface area contributed by atoms with Crippen molar-refractivity contribution in [3.8, 4) is 5.75 Å². The van der Waals surface area contributed by atoms with Crippen LogP contribution < -0.4 is 9.64 Å². The molecule has 2 aromatic heterocycles. The van der Waals surface area contributed by atoms with E-state index in [4.69, 9.17) is 16.3 Å². The molecule has 0 spiro atoms. The van der Waals surface area contributed by atoms with Crippen LogP contribution in [0.1, 0.15) is 30.2 Å². The van der Waals surface area contributed by atoms with E-state index in [1.165, 1.54) is 4.88 Å². The van der Waals surface area contributed by atoms with E-state index in [9.17, 15) is 4.79 Å². The van der Waals surface area contributed by atoms with Crippen molar-refractivity contribution in [1.29, 1.82) is 0 Å². The number of aryl methyl sites for hydroxylation is 2. The smallest absolute Gasteiger partial charge is 0.153 e. The topological polar surface area (TPSA) is 58.6 Å². The summed E-state index contributed by atoms with van der Waals surface area (Å²) >= 11 is 7.83. The van der Waals surface area contributed by atoms with Crippen LogP contribution in [-0.2, 0) is 11.2 Å². The molecule has 0 aliphatic carbocycles. The van der Waals surface area contributed by atoms with Gasteiger partial charge in [0.2, 0.25) is 0 Å². The lowest BCUT2D eigenvalue weighted by atomic mass is 10.2. The standard InChI is InChI=1S/C23H27ClN4O2S/c1-3-18-14-19-22(25-15-26-23(19)31-18)28-10-8-27(9-11-28)21(5-4-12-29)30-20-7-6-17(24)13-16(20)2/h6-7,12-15,21H,3-5,8-11H2,1-2H3. The van der Waals surface area contributed by atoms with Gasteiger partial charge in [-0.15, -0.1) is 11.3 Å². The normalized spacial score (nSPS) is 15.9. The van der Waals surface area contributed by atoms with Gasteiger partial charge in [-0.3, -0.25) is 4.90 Å². The molecule has 1 aromatic carbocycles. The Bertz CT molecular complexity index is 1050. The van der Waals surface area contributed by atoms with Gasteiger partial charge in [0.1, 0.15) is 29.0 Å². The highest BCUT2D eigenvalue weighted by molar-refractivity contribution is 7.18. The summed E-state index contributed by atoms with van der Waals surface area (Å²) in [7, 11) is 0. The second-order valence-corrected chi connectivity index (χ2v) is 9.28. The van der Waals surface area contributed by atoms with Crippen LogP contribution in [0, 0.1) is 6.92 Å². The Hall–Kier alpha value is -2.22. The summed E-state index contributed by atoms with van der Waals surface area (Å²) in [5.41, 5.74) is 0.995. The number of ether oxygens (including phenoxy) is 1. The SMILES string of the molecule is CCc1cc2c(N3CCN(C(CCC=O)Oc4ccc(Cl)cc4C)CC3)ncnc2s1. The summed E-state index contributed by atoms with van der Waals surface area (Å²) in [5.74, 6) is 1.82. The van der Waals surface area contributed by atoms with Gasteiger partial charge >= 0.3 is 0 Å². The molecule has 4 rings (SSSR count). The molecule has 0 saturated carbocycles. The van der Waals surface area contributed by atoms with Gasteiger partial charge in [-0.2, -0.15) is 0 Å². The average molecular weight is 459 g/mol. The lowest BCUT2D eigenvalue weighted by molar-refractivity contribution is -0.108. The number of rotatable bonds is 8. The number of hydrogen-bond acceptors (Lipinski definition) is 7. The first-order valence-electron chi connectivity index (χ1n) is 10.7. The van der Waals surface area contributed by atoms with E-state index in [1.807, 2.05) is 25.1 Å². The average Bonchev–Trinajstić information content (AvgIpc) is 3.22. The summed E-state index contributed by atoms with van der Waals surface area (Å²) in [6.45, 7) is 7.53. The van der Waals surface area contributed by atoms with Crippen LogP contribution in [0.15, 0.2) is 30.6 Å². The Morgan fingerprint density at radius 2 is 2.03 bits per heavy atom. The van der Waals surface area contributed by atoms with Gasteiger partial charge < -0.3 is 14.4 Å². The van der Waals surface area contributed by atoms with Crippen LogP contribution in [0.3, 0.4) is 0 Å². The number of halogens is 1. The van der Waals surface area contributed by atoms with Gasteiger partial charge in [0.05, 0.1) is 5.39 Å². The molecule has 0 bridgehead atoms. The Labute approximate surface area is 191 Å². The summed E-state index contributed by atoms with van der Waals surface area (Å²) in [6, 6.07) is 7.87. The van der Waals surface area contributed by atoms with E-state index in [0.29, 0.717) is 17.9 Å². The molecule has 1 fully saturated rings. The van der Waals surface area contributed by atoms with Crippen molar-refractivity contribution in [2.45, 2.75) is 39.3 Å². The molecule has 0 radical (unpaired) electrons. The second kappa shape index (κ2) is 9.94. The quantitative estimate of drug-likeness (QED) is 0.455. The first-order valence-corrected chi connectivity index (χ1v) is 11.9. The van der Waals surface area contributed by atoms with E-state index >= 15 is 0 Å². The van der Waals surface area contributed by atoms with E-state index in [2.05, 4.69) is 32.8 Å². The predicted octanol–water partition coefficient (Wildman–Crippen LogP) is 4.72. The highest BCUT2D eigenvalue weighted by Gasteiger charge is 2.27. The molecule has 1 aliphatic heterocycles. The molecular weight excluding hydrogens is 432 g/mol. The van der Waals surface area contributed by atoms with Crippen LogP contribution in [0.5, 0.6) is 5.75 Å². The summed E-state index contributed by atoms with van der Waals surface area (Å²) in [5, 5.41) is 1.84. The van der Waals surface area contributed by atoms with Gasteiger partial charge in [-0.1, -0.05) is 18.5 Å². The number of anilines is 1. The highest BCUT2D eigenvalue weighted by atomic mass is 35.5. The lowest BCUT2D eigenvalue weighted by Crippen LogP contribution is -2.52. The number of benzene rings is 1. The molecule has 0 amide bonds. The molecule has 3 aromatic rings. The second-order valence-electron chi connectivity index (χ2n) is 7.73. The van der Waals surface area contributed by atoms with Crippen LogP contribution in [-0.4, -0.2) is 53.6 Å². The maximum absolute atomic E-state index is 11.0. The van der Waals surface area contributed by atoms with Gasteiger partial charge in [0, 0.05) is 48.9 Å². The number of hydrogen-bond donors (Lipinski definition) is 0. The molecule has 164 valence electrons. The molecule has 1 saturated heterocycles. The van der Waals surface area contributed by atoms with Crippen LogP contribution in [0.2, 0.25) is 5.02 Å². The number of aldehydes is 1. The third kappa shape index (κ3) is 5.00. The minimum atomic E-state index is -0.148. The van der Waals surface area contributed by atoms with Crippen LogP contribution in [0.4, 0.5) is 5.82 Å². The molecule has 3 heterocycles. The van der Waals surface area contributed by atoms with E-state index < -0.39 is 0 Å². The summed E-state index contributed by atoms with van der Waals surface area (Å²) < 4.78 is 6.34. The molecule has 6 nitrogen and oxygen atoms in total. The third-order valence-corrected chi connectivity index (χ3v) is 7.08. The fraction of sp³-hybridized carbons (Fsp3) is 0.435. The maximum Gasteiger partial charge on any atom is 0.153 e. The van der Waals surface area contributed by atoms with Gasteiger partial charge in [-0.05, 0) is 43.2 Å². The first-order chi connectivity index (χ1) is 15.1. The lowest BCUT2D eigenvalue weighted by Gasteiger charge is -2.39. The molecular formula is C23H27ClN4O2S. The zero-order valence-corrected chi connectivity index (χ0v) is 19.5. The van der Waals surface area contributed by atoms with Crippen molar-refractivity contribution in [3.63, 3.8) is 0 Å². The number of piperazine rings is 1. The summed E-state index contributed by atoms with van der Waals surface area (Å²) in [4.78, 5) is 27.1. The Morgan fingerprint density at radius 1 is 1.23 bits per heavy atom. The van der Waals surface area contributed by atoms with Crippen molar-refractivity contribution in [2.24, 2.45) is 0 Å². The maximum atomic E-state index is 11.0. The van der Waals surface area contributed by atoms with Crippen molar-refractivity contribution in [1.82, 2.24) is 14.9 Å². The fourth-order valence-electron chi connectivity index (χ4n) is 3.96. The van der Waals surface area contributed by atoms with Crippen molar-refractivity contribution in [3.05, 3.63) is 46.1 Å². The number of aromatic nitrogens is 2. The van der Waals surface area contributed by atoms with E-state index in [0.717, 1.165) is 66.2 Å². The first kappa shape index (κ1) is 22.0. The largest absolute Gasteiger partial charge is 0.475 e. The minimum Gasteiger partial charge on any atom is -0.475 e. The predicted molar refractivity (Wildman–Crippen MR) is 126 cm³/mol. The van der Waals surface area contributed by atoms with Crippen LogP contribution >= 0.6 is 22.9 Å². The van der Waals surface area contributed by atoms with Crippen molar-refractivity contribution < 1.29 is 9.53 Å². The monoisotopic (exact) mass is 458 g/mol. The number of carbonyl (C=O) groups excluding carboxylic acids is 1. The number of carbonyl (C=O) groups is 1. The zero-order valence-electron chi connectivity index (χ0n) is 17.9. The molecule has 1 atom stereocenters. The zero-order chi connectivity index (χ0) is 21.8. The number of nitrogens with zero attached hydrogens (tertiary/aromatic N) is 4. The molecule has 1 unspecified atom stereocenters. The van der Waals surface area contributed by atoms with Gasteiger partial charge in [0.25, 0.3) is 0 Å². The van der Waals surface area contributed by atoms with Gasteiger partial charge in [-0.25, -0.2) is 9.97 Å². The van der Waals surface area contributed by atoms with Crippen molar-refractivity contribution >= 4 is 45.3 Å². The molecule has 8 heteroatoms. The molecule has 0 N–H and O–H groups in total. The fourth-order valence-corrected chi connectivity index (χ4v) is 5.12.